The Morgan fingerprint density at radius 3 is 2.38 bits per heavy atom. The quantitative estimate of drug-likeness (QED) is 0.516. The first-order valence-corrected chi connectivity index (χ1v) is 12.2. The number of benzene rings is 2. The number of hydrogen-bond donors (Lipinski definition) is 1. The summed E-state index contributed by atoms with van der Waals surface area (Å²) < 4.78 is 13.7. The fraction of sp³-hybridized carbons (Fsp3) is 0.500. The van der Waals surface area contributed by atoms with Crippen LogP contribution in [0.1, 0.15) is 52.5 Å². The van der Waals surface area contributed by atoms with Crippen LogP contribution < -0.4 is 10.3 Å². The van der Waals surface area contributed by atoms with Gasteiger partial charge in [-0.1, -0.05) is 63.9 Å². The maximum absolute atomic E-state index is 14.0. The highest BCUT2D eigenvalue weighted by Crippen LogP contribution is 2.41. The molecule has 1 amide bonds. The van der Waals surface area contributed by atoms with Crippen LogP contribution in [0.5, 0.6) is 0 Å². The Labute approximate surface area is 204 Å². The minimum atomic E-state index is -0.908. The largest absolute Gasteiger partial charge is 0.353 e. The maximum atomic E-state index is 14.0. The molecule has 1 heterocycles. The number of unbranched alkanes of at least 4 members (excludes halogenated alkanes) is 1. The average molecular weight is 467 g/mol. The number of anilines is 1. The molecule has 1 aliphatic heterocycles. The van der Waals surface area contributed by atoms with Crippen LogP contribution in [-0.2, 0) is 4.79 Å². The number of halogens is 1. The van der Waals surface area contributed by atoms with E-state index < -0.39 is 5.54 Å². The van der Waals surface area contributed by atoms with Crippen LogP contribution in [-0.4, -0.2) is 49.2 Å². The van der Waals surface area contributed by atoms with Crippen LogP contribution in [0, 0.1) is 17.2 Å². The molecule has 3 rings (SSSR count). The standard InChI is InChI=1S/C28H39FN4O/c1-7-8-14-24-25(21-15-17-22(29)18-16-21)31-33(23-12-10-9-11-13-23)28(24,4)26(34)30-19-27(2,3)20-32(5)6/h9-13,15-18,24H,7-8,14,19-20H2,1-6H3,(H,30,34). The third-order valence-electron chi connectivity index (χ3n) is 6.57. The first-order valence-electron chi connectivity index (χ1n) is 12.2. The van der Waals surface area contributed by atoms with E-state index >= 15 is 0 Å². The number of amides is 1. The van der Waals surface area contributed by atoms with Gasteiger partial charge in [0.15, 0.2) is 0 Å². The summed E-state index contributed by atoms with van der Waals surface area (Å²) in [6, 6.07) is 16.3. The van der Waals surface area contributed by atoms with Crippen LogP contribution in [0.25, 0.3) is 0 Å². The summed E-state index contributed by atoms with van der Waals surface area (Å²) in [5, 5.41) is 10.2. The molecule has 0 aliphatic carbocycles. The van der Waals surface area contributed by atoms with Gasteiger partial charge in [0, 0.05) is 19.0 Å². The lowest BCUT2D eigenvalue weighted by Crippen LogP contribution is -2.59. The first kappa shape index (κ1) is 25.9. The van der Waals surface area contributed by atoms with Crippen molar-refractivity contribution < 1.29 is 9.18 Å². The highest BCUT2D eigenvalue weighted by molar-refractivity contribution is 6.10. The number of nitrogens with one attached hydrogen (secondary N) is 1. The fourth-order valence-corrected chi connectivity index (χ4v) is 4.96. The molecule has 34 heavy (non-hydrogen) atoms. The third-order valence-corrected chi connectivity index (χ3v) is 6.57. The van der Waals surface area contributed by atoms with Crippen molar-refractivity contribution in [2.75, 3.05) is 32.2 Å². The van der Waals surface area contributed by atoms with Gasteiger partial charge < -0.3 is 10.2 Å². The molecule has 0 saturated heterocycles. The second-order valence-corrected chi connectivity index (χ2v) is 10.6. The number of para-hydroxylation sites is 1. The molecule has 0 radical (unpaired) electrons. The predicted molar refractivity (Wildman–Crippen MR) is 139 cm³/mol. The number of nitrogens with zero attached hydrogens (tertiary/aromatic N) is 3. The van der Waals surface area contributed by atoms with Crippen molar-refractivity contribution in [3.05, 3.63) is 66.0 Å². The average Bonchev–Trinajstić information content (AvgIpc) is 3.09. The van der Waals surface area contributed by atoms with E-state index in [0.29, 0.717) is 6.54 Å². The van der Waals surface area contributed by atoms with E-state index in [4.69, 9.17) is 5.10 Å². The predicted octanol–water partition coefficient (Wildman–Crippen LogP) is 5.32. The minimum absolute atomic E-state index is 0.0369. The molecule has 0 aromatic heterocycles. The molecule has 0 fully saturated rings. The monoisotopic (exact) mass is 466 g/mol. The minimum Gasteiger partial charge on any atom is -0.353 e. The molecule has 2 unspecified atom stereocenters. The van der Waals surface area contributed by atoms with E-state index in [-0.39, 0.29) is 23.1 Å². The molecule has 0 saturated carbocycles. The van der Waals surface area contributed by atoms with Gasteiger partial charge in [0.2, 0.25) is 5.91 Å². The molecule has 0 spiro atoms. The molecule has 2 aromatic rings. The van der Waals surface area contributed by atoms with Crippen molar-refractivity contribution in [2.24, 2.45) is 16.4 Å². The van der Waals surface area contributed by atoms with E-state index in [9.17, 15) is 9.18 Å². The van der Waals surface area contributed by atoms with E-state index in [2.05, 4.69) is 31.0 Å². The Kier molecular flexibility index (Phi) is 8.13. The Bertz CT molecular complexity index is 987. The van der Waals surface area contributed by atoms with E-state index in [1.165, 1.54) is 12.1 Å². The summed E-state index contributed by atoms with van der Waals surface area (Å²) >= 11 is 0. The van der Waals surface area contributed by atoms with Crippen molar-refractivity contribution in [2.45, 2.75) is 52.5 Å². The molecule has 1 aliphatic rings. The van der Waals surface area contributed by atoms with Crippen LogP contribution in [0.4, 0.5) is 10.1 Å². The summed E-state index contributed by atoms with van der Waals surface area (Å²) in [5.74, 6) is -0.448. The molecule has 2 aromatic carbocycles. The molecule has 0 bridgehead atoms. The van der Waals surface area contributed by atoms with Crippen LogP contribution in [0.15, 0.2) is 59.7 Å². The van der Waals surface area contributed by atoms with Crippen LogP contribution >= 0.6 is 0 Å². The lowest BCUT2D eigenvalue weighted by molar-refractivity contribution is -0.127. The lowest BCUT2D eigenvalue weighted by atomic mass is 9.76. The second kappa shape index (κ2) is 10.7. The van der Waals surface area contributed by atoms with E-state index in [1.807, 2.05) is 56.4 Å². The normalized spacial score (nSPS) is 20.5. The van der Waals surface area contributed by atoms with Gasteiger partial charge in [-0.05, 0) is 62.7 Å². The summed E-state index contributed by atoms with van der Waals surface area (Å²) in [5.41, 5.74) is 1.57. The zero-order valence-corrected chi connectivity index (χ0v) is 21.4. The van der Waals surface area contributed by atoms with Crippen LogP contribution in [0.3, 0.4) is 0 Å². The lowest BCUT2D eigenvalue weighted by Gasteiger charge is -2.39. The van der Waals surface area contributed by atoms with Crippen LogP contribution in [0.2, 0.25) is 0 Å². The third kappa shape index (κ3) is 5.66. The van der Waals surface area contributed by atoms with Gasteiger partial charge in [0.05, 0.1) is 11.4 Å². The summed E-state index contributed by atoms with van der Waals surface area (Å²) in [6.45, 7) is 9.90. The highest BCUT2D eigenvalue weighted by Gasteiger charge is 2.53. The Hall–Kier alpha value is -2.73. The van der Waals surface area contributed by atoms with Gasteiger partial charge in [-0.3, -0.25) is 4.79 Å². The van der Waals surface area contributed by atoms with Gasteiger partial charge >= 0.3 is 0 Å². The summed E-state index contributed by atoms with van der Waals surface area (Å²) in [7, 11) is 4.09. The Balaban J connectivity index is 2.02. The topological polar surface area (TPSA) is 47.9 Å². The van der Waals surface area contributed by atoms with Crippen molar-refractivity contribution in [3.63, 3.8) is 0 Å². The van der Waals surface area contributed by atoms with Crippen molar-refractivity contribution in [1.29, 1.82) is 0 Å². The van der Waals surface area contributed by atoms with Gasteiger partial charge in [-0.25, -0.2) is 9.40 Å². The molecule has 5 nitrogen and oxygen atoms in total. The Morgan fingerprint density at radius 1 is 1.15 bits per heavy atom. The van der Waals surface area contributed by atoms with Gasteiger partial charge in [0.25, 0.3) is 0 Å². The fourth-order valence-electron chi connectivity index (χ4n) is 4.96. The van der Waals surface area contributed by atoms with Crippen molar-refractivity contribution in [3.8, 4) is 0 Å². The molecular weight excluding hydrogens is 427 g/mol. The van der Waals surface area contributed by atoms with Crippen molar-refractivity contribution >= 4 is 17.3 Å². The maximum Gasteiger partial charge on any atom is 0.248 e. The number of carbonyl (C=O) groups excluding carboxylic acids is 1. The molecular formula is C28H39FN4O. The summed E-state index contributed by atoms with van der Waals surface area (Å²) in [4.78, 5) is 16.1. The van der Waals surface area contributed by atoms with Crippen molar-refractivity contribution in [1.82, 2.24) is 10.2 Å². The number of rotatable bonds is 10. The molecule has 184 valence electrons. The van der Waals surface area contributed by atoms with E-state index in [0.717, 1.165) is 42.8 Å². The highest BCUT2D eigenvalue weighted by atomic mass is 19.1. The van der Waals surface area contributed by atoms with Gasteiger partial charge in [0.1, 0.15) is 11.4 Å². The zero-order chi connectivity index (χ0) is 24.9. The number of carbonyl (C=O) groups is 1. The second-order valence-electron chi connectivity index (χ2n) is 10.6. The molecule has 2 atom stereocenters. The number of hydrazone groups is 1. The molecule has 6 heteroatoms. The zero-order valence-electron chi connectivity index (χ0n) is 21.4. The SMILES string of the molecule is CCCCC1C(c2ccc(F)cc2)=NN(c2ccccc2)C1(C)C(=O)NCC(C)(C)CN(C)C. The van der Waals surface area contributed by atoms with Gasteiger partial charge in [-0.2, -0.15) is 5.10 Å². The number of hydrogen-bond acceptors (Lipinski definition) is 4. The van der Waals surface area contributed by atoms with Gasteiger partial charge in [-0.15, -0.1) is 0 Å². The van der Waals surface area contributed by atoms with E-state index in [1.54, 1.807) is 12.1 Å². The summed E-state index contributed by atoms with van der Waals surface area (Å²) in [6.07, 6.45) is 2.82. The Morgan fingerprint density at radius 2 is 1.79 bits per heavy atom. The molecule has 1 N–H and O–H groups in total. The smallest absolute Gasteiger partial charge is 0.248 e. The first-order chi connectivity index (χ1) is 16.1.